The molecule has 0 aliphatic heterocycles. The number of aliphatic carboxylic acids is 1. The van der Waals surface area contributed by atoms with E-state index in [1.165, 1.54) is 0 Å². The Morgan fingerprint density at radius 2 is 1.90 bits per heavy atom. The SMILES string of the molecule is O=C(O)[C@@H](F)CC(F)(F)F. The molecule has 0 bridgehead atoms. The van der Waals surface area contributed by atoms with Crippen molar-refractivity contribution in [1.29, 1.82) is 0 Å². The predicted molar refractivity (Wildman–Crippen MR) is 23.2 cm³/mol. The molecule has 0 aromatic heterocycles. The largest absolute Gasteiger partial charge is 0.479 e. The smallest absolute Gasteiger partial charge is 0.392 e. The third-order valence-corrected chi connectivity index (χ3v) is 0.679. The number of alkyl halides is 4. The van der Waals surface area contributed by atoms with Crippen LogP contribution in [0.4, 0.5) is 17.6 Å². The lowest BCUT2D eigenvalue weighted by atomic mass is 10.3. The maximum absolute atomic E-state index is 11.7. The standard InChI is InChI=1S/C4H4F4O2/c5-2(3(9)10)1-4(6,7)8/h2H,1H2,(H,9,10)/t2-/m0/s1. The summed E-state index contributed by atoms with van der Waals surface area (Å²) >= 11 is 0. The van der Waals surface area contributed by atoms with E-state index in [0.29, 0.717) is 0 Å². The molecule has 0 spiro atoms. The minimum Gasteiger partial charge on any atom is -0.479 e. The lowest BCUT2D eigenvalue weighted by Crippen LogP contribution is -2.23. The second kappa shape index (κ2) is 2.85. The monoisotopic (exact) mass is 160 g/mol. The van der Waals surface area contributed by atoms with Gasteiger partial charge in [-0.15, -0.1) is 0 Å². The van der Waals surface area contributed by atoms with Crippen LogP contribution in [0.2, 0.25) is 0 Å². The van der Waals surface area contributed by atoms with E-state index in [4.69, 9.17) is 5.11 Å². The molecule has 10 heavy (non-hydrogen) atoms. The van der Waals surface area contributed by atoms with Crippen LogP contribution in [0.25, 0.3) is 0 Å². The zero-order valence-corrected chi connectivity index (χ0v) is 4.65. The minimum atomic E-state index is -4.75. The van der Waals surface area contributed by atoms with Gasteiger partial charge in [-0.3, -0.25) is 0 Å². The van der Waals surface area contributed by atoms with Crippen LogP contribution < -0.4 is 0 Å². The Labute approximate surface area is 53.5 Å². The van der Waals surface area contributed by atoms with E-state index in [1.807, 2.05) is 0 Å². The summed E-state index contributed by atoms with van der Waals surface area (Å²) in [5.41, 5.74) is 0. The van der Waals surface area contributed by atoms with E-state index < -0.39 is 24.7 Å². The normalized spacial score (nSPS) is 14.8. The van der Waals surface area contributed by atoms with E-state index in [2.05, 4.69) is 0 Å². The van der Waals surface area contributed by atoms with Crippen molar-refractivity contribution in [2.45, 2.75) is 18.8 Å². The molecule has 0 aliphatic rings. The van der Waals surface area contributed by atoms with Crippen molar-refractivity contribution >= 4 is 5.97 Å². The minimum absolute atomic E-state index is 1.93. The first-order valence-corrected chi connectivity index (χ1v) is 2.26. The van der Waals surface area contributed by atoms with Gasteiger partial charge in [0.15, 0.2) is 0 Å². The molecule has 6 heteroatoms. The van der Waals surface area contributed by atoms with Crippen LogP contribution in [0.5, 0.6) is 0 Å². The number of hydrogen-bond acceptors (Lipinski definition) is 1. The summed E-state index contributed by atoms with van der Waals surface area (Å²) in [5.74, 6) is -2.09. The van der Waals surface area contributed by atoms with Gasteiger partial charge in [0.1, 0.15) is 0 Å². The van der Waals surface area contributed by atoms with Crippen molar-refractivity contribution in [1.82, 2.24) is 0 Å². The van der Waals surface area contributed by atoms with Crippen LogP contribution in [0.3, 0.4) is 0 Å². The Hall–Kier alpha value is -0.810. The van der Waals surface area contributed by atoms with Crippen LogP contribution in [-0.2, 0) is 4.79 Å². The molecule has 1 N–H and O–H groups in total. The molecular weight excluding hydrogens is 156 g/mol. The zero-order valence-electron chi connectivity index (χ0n) is 4.65. The van der Waals surface area contributed by atoms with E-state index >= 15 is 0 Å². The molecule has 0 aromatic rings. The average Bonchev–Trinajstić information content (AvgIpc) is 1.60. The molecule has 2 nitrogen and oxygen atoms in total. The summed E-state index contributed by atoms with van der Waals surface area (Å²) in [6, 6.07) is 0. The number of hydrogen-bond donors (Lipinski definition) is 1. The Kier molecular flexibility index (Phi) is 2.62. The first-order chi connectivity index (χ1) is 4.33. The topological polar surface area (TPSA) is 37.3 Å². The molecular formula is C4H4F4O2. The lowest BCUT2D eigenvalue weighted by Gasteiger charge is -2.05. The molecule has 0 amide bonds. The highest BCUT2D eigenvalue weighted by Crippen LogP contribution is 2.22. The second-order valence-electron chi connectivity index (χ2n) is 1.63. The highest BCUT2D eigenvalue weighted by Gasteiger charge is 2.35. The molecule has 60 valence electrons. The van der Waals surface area contributed by atoms with Gasteiger partial charge in [0.2, 0.25) is 6.17 Å². The molecule has 0 saturated carbocycles. The quantitative estimate of drug-likeness (QED) is 0.619. The maximum atomic E-state index is 11.7. The first-order valence-electron chi connectivity index (χ1n) is 2.26. The fourth-order valence-electron chi connectivity index (χ4n) is 0.291. The maximum Gasteiger partial charge on any atom is 0.392 e. The molecule has 0 heterocycles. The van der Waals surface area contributed by atoms with Crippen LogP contribution in [0, 0.1) is 0 Å². The number of carbonyl (C=O) groups is 1. The van der Waals surface area contributed by atoms with E-state index in [-0.39, 0.29) is 0 Å². The van der Waals surface area contributed by atoms with Gasteiger partial charge in [0, 0.05) is 0 Å². The van der Waals surface area contributed by atoms with Crippen molar-refractivity contribution in [3.05, 3.63) is 0 Å². The zero-order chi connectivity index (χ0) is 8.36. The molecule has 0 rings (SSSR count). The van der Waals surface area contributed by atoms with Gasteiger partial charge in [0.25, 0.3) is 0 Å². The summed E-state index contributed by atoms with van der Waals surface area (Å²) in [7, 11) is 0. The average molecular weight is 160 g/mol. The molecule has 0 unspecified atom stereocenters. The number of halogens is 4. The summed E-state index contributed by atoms with van der Waals surface area (Å²) in [5, 5.41) is 7.67. The molecule has 1 atom stereocenters. The van der Waals surface area contributed by atoms with Gasteiger partial charge >= 0.3 is 12.1 Å². The van der Waals surface area contributed by atoms with Gasteiger partial charge in [0.05, 0.1) is 6.42 Å². The van der Waals surface area contributed by atoms with E-state index in [0.717, 1.165) is 0 Å². The fourth-order valence-corrected chi connectivity index (χ4v) is 0.291. The Morgan fingerprint density at radius 3 is 2.00 bits per heavy atom. The Morgan fingerprint density at radius 1 is 1.50 bits per heavy atom. The highest BCUT2D eigenvalue weighted by molar-refractivity contribution is 5.72. The summed E-state index contributed by atoms with van der Waals surface area (Å²) in [6.45, 7) is 0. The molecule has 0 radical (unpaired) electrons. The third kappa shape index (κ3) is 4.11. The summed E-state index contributed by atoms with van der Waals surface area (Å²) in [4.78, 5) is 9.50. The summed E-state index contributed by atoms with van der Waals surface area (Å²) in [6.07, 6.45) is -9.53. The summed E-state index contributed by atoms with van der Waals surface area (Å²) < 4.78 is 45.2. The van der Waals surface area contributed by atoms with Gasteiger partial charge in [-0.25, -0.2) is 9.18 Å². The Bertz CT molecular complexity index is 130. The molecule has 0 saturated heterocycles. The van der Waals surface area contributed by atoms with Gasteiger partial charge in [-0.2, -0.15) is 13.2 Å². The molecule has 0 aromatic carbocycles. The van der Waals surface area contributed by atoms with Crippen molar-refractivity contribution in [3.63, 3.8) is 0 Å². The van der Waals surface area contributed by atoms with Crippen molar-refractivity contribution < 1.29 is 27.5 Å². The van der Waals surface area contributed by atoms with Crippen LogP contribution in [0.1, 0.15) is 6.42 Å². The molecule has 0 aliphatic carbocycles. The first kappa shape index (κ1) is 9.19. The lowest BCUT2D eigenvalue weighted by molar-refractivity contribution is -0.165. The van der Waals surface area contributed by atoms with Crippen LogP contribution in [-0.4, -0.2) is 23.4 Å². The van der Waals surface area contributed by atoms with E-state index in [9.17, 15) is 22.4 Å². The van der Waals surface area contributed by atoms with Gasteiger partial charge < -0.3 is 5.11 Å². The third-order valence-electron chi connectivity index (χ3n) is 0.679. The van der Waals surface area contributed by atoms with Crippen LogP contribution in [0.15, 0.2) is 0 Å². The Balaban J connectivity index is 3.80. The predicted octanol–water partition coefficient (Wildman–Crippen LogP) is 1.36. The number of rotatable bonds is 2. The fraction of sp³-hybridized carbons (Fsp3) is 0.750. The van der Waals surface area contributed by atoms with Crippen LogP contribution >= 0.6 is 0 Å². The van der Waals surface area contributed by atoms with Crippen molar-refractivity contribution in [3.8, 4) is 0 Å². The highest BCUT2D eigenvalue weighted by atomic mass is 19.4. The van der Waals surface area contributed by atoms with Crippen molar-refractivity contribution in [2.24, 2.45) is 0 Å². The number of carboxylic acids is 1. The number of carboxylic acid groups (broad SMARTS) is 1. The second-order valence-corrected chi connectivity index (χ2v) is 1.63. The van der Waals surface area contributed by atoms with E-state index in [1.54, 1.807) is 0 Å². The van der Waals surface area contributed by atoms with Gasteiger partial charge in [-0.05, 0) is 0 Å². The molecule has 0 fully saturated rings. The van der Waals surface area contributed by atoms with Crippen molar-refractivity contribution in [2.75, 3.05) is 0 Å². The van der Waals surface area contributed by atoms with Gasteiger partial charge in [-0.1, -0.05) is 0 Å².